The van der Waals surface area contributed by atoms with Crippen molar-refractivity contribution in [2.75, 3.05) is 0 Å². The SMILES string of the molecule is CCCC/C=C\c1c(C)n(-c2ccccc2)c2ccccc12. The molecule has 0 aliphatic heterocycles. The van der Waals surface area contributed by atoms with Crippen molar-refractivity contribution in [3.05, 3.63) is 71.9 Å². The molecule has 0 saturated heterocycles. The summed E-state index contributed by atoms with van der Waals surface area (Å²) >= 11 is 0. The van der Waals surface area contributed by atoms with E-state index in [2.05, 4.69) is 85.2 Å². The van der Waals surface area contributed by atoms with E-state index >= 15 is 0 Å². The average Bonchev–Trinajstić information content (AvgIpc) is 2.84. The first-order valence-electron chi connectivity index (χ1n) is 8.15. The predicted octanol–water partition coefficient (Wildman–Crippen LogP) is 6.14. The molecule has 112 valence electrons. The van der Waals surface area contributed by atoms with E-state index < -0.39 is 0 Å². The van der Waals surface area contributed by atoms with E-state index in [9.17, 15) is 0 Å². The molecule has 0 fully saturated rings. The molecule has 0 aliphatic carbocycles. The Morgan fingerprint density at radius 1 is 0.955 bits per heavy atom. The number of aromatic nitrogens is 1. The standard InChI is InChI=1S/C21H23N/c1-3-4-5-9-14-19-17(2)22(18-12-7-6-8-13-18)21-16-11-10-15-20(19)21/h6-16H,3-5H2,1-2H3/b14-9-. The predicted molar refractivity (Wildman–Crippen MR) is 96.6 cm³/mol. The monoisotopic (exact) mass is 289 g/mol. The minimum Gasteiger partial charge on any atom is -0.313 e. The van der Waals surface area contributed by atoms with Crippen LogP contribution in [0.25, 0.3) is 22.7 Å². The fourth-order valence-corrected chi connectivity index (χ4v) is 3.04. The van der Waals surface area contributed by atoms with Gasteiger partial charge in [0, 0.05) is 22.3 Å². The fourth-order valence-electron chi connectivity index (χ4n) is 3.04. The second-order valence-corrected chi connectivity index (χ2v) is 5.73. The number of hydrogen-bond donors (Lipinski definition) is 0. The van der Waals surface area contributed by atoms with Crippen molar-refractivity contribution in [2.45, 2.75) is 33.1 Å². The summed E-state index contributed by atoms with van der Waals surface area (Å²) in [5, 5.41) is 1.33. The van der Waals surface area contributed by atoms with Crippen LogP contribution >= 0.6 is 0 Å². The van der Waals surface area contributed by atoms with Gasteiger partial charge in [0.15, 0.2) is 0 Å². The molecule has 1 nitrogen and oxygen atoms in total. The number of para-hydroxylation sites is 2. The Hall–Kier alpha value is -2.28. The Kier molecular flexibility index (Phi) is 4.43. The van der Waals surface area contributed by atoms with Crippen LogP contribution in [-0.2, 0) is 0 Å². The highest BCUT2D eigenvalue weighted by molar-refractivity contribution is 5.92. The molecule has 22 heavy (non-hydrogen) atoms. The third kappa shape index (κ3) is 2.71. The lowest BCUT2D eigenvalue weighted by Gasteiger charge is -2.08. The van der Waals surface area contributed by atoms with Crippen molar-refractivity contribution in [1.29, 1.82) is 0 Å². The van der Waals surface area contributed by atoms with Gasteiger partial charge >= 0.3 is 0 Å². The van der Waals surface area contributed by atoms with Crippen molar-refractivity contribution in [2.24, 2.45) is 0 Å². The molecule has 1 aromatic heterocycles. The molecule has 0 radical (unpaired) electrons. The van der Waals surface area contributed by atoms with Gasteiger partial charge in [-0.1, -0.05) is 68.3 Å². The lowest BCUT2D eigenvalue weighted by Crippen LogP contribution is -1.95. The zero-order chi connectivity index (χ0) is 15.4. The lowest BCUT2D eigenvalue weighted by atomic mass is 10.1. The number of allylic oxidation sites excluding steroid dienone is 1. The molecule has 0 unspecified atom stereocenters. The zero-order valence-electron chi connectivity index (χ0n) is 13.4. The first-order valence-corrected chi connectivity index (χ1v) is 8.15. The van der Waals surface area contributed by atoms with Crippen LogP contribution in [0.1, 0.15) is 37.4 Å². The Balaban J connectivity index is 2.14. The van der Waals surface area contributed by atoms with E-state index in [1.165, 1.54) is 40.7 Å². The van der Waals surface area contributed by atoms with E-state index in [0.29, 0.717) is 0 Å². The highest BCUT2D eigenvalue weighted by Crippen LogP contribution is 2.30. The maximum atomic E-state index is 2.36. The second-order valence-electron chi connectivity index (χ2n) is 5.73. The Morgan fingerprint density at radius 2 is 1.68 bits per heavy atom. The summed E-state index contributed by atoms with van der Waals surface area (Å²) in [6, 6.07) is 19.3. The van der Waals surface area contributed by atoms with Crippen LogP contribution < -0.4 is 0 Å². The number of fused-ring (bicyclic) bond motifs is 1. The van der Waals surface area contributed by atoms with Crippen molar-refractivity contribution < 1.29 is 0 Å². The molecule has 0 saturated carbocycles. The van der Waals surface area contributed by atoms with Gasteiger partial charge in [0.25, 0.3) is 0 Å². The Labute approximate surface area is 132 Å². The molecule has 0 amide bonds. The summed E-state index contributed by atoms with van der Waals surface area (Å²) in [5.41, 5.74) is 5.15. The summed E-state index contributed by atoms with van der Waals surface area (Å²) < 4.78 is 2.36. The molecular weight excluding hydrogens is 266 g/mol. The summed E-state index contributed by atoms with van der Waals surface area (Å²) in [5.74, 6) is 0. The summed E-state index contributed by atoms with van der Waals surface area (Å²) in [7, 11) is 0. The highest BCUT2D eigenvalue weighted by Gasteiger charge is 2.12. The van der Waals surface area contributed by atoms with E-state index in [1.807, 2.05) is 0 Å². The van der Waals surface area contributed by atoms with Crippen LogP contribution in [0, 0.1) is 6.92 Å². The Morgan fingerprint density at radius 3 is 2.45 bits per heavy atom. The molecule has 3 aromatic rings. The van der Waals surface area contributed by atoms with Gasteiger partial charge < -0.3 is 4.57 Å². The molecular formula is C21H23N. The number of unbranched alkanes of at least 4 members (excludes halogenated alkanes) is 2. The largest absolute Gasteiger partial charge is 0.313 e. The normalized spacial score (nSPS) is 11.5. The lowest BCUT2D eigenvalue weighted by molar-refractivity contribution is 0.816. The van der Waals surface area contributed by atoms with Gasteiger partial charge in [-0.05, 0) is 31.5 Å². The van der Waals surface area contributed by atoms with Crippen molar-refractivity contribution in [1.82, 2.24) is 4.57 Å². The maximum Gasteiger partial charge on any atom is 0.0537 e. The molecule has 3 rings (SSSR count). The number of benzene rings is 2. The highest BCUT2D eigenvalue weighted by atomic mass is 15.0. The zero-order valence-corrected chi connectivity index (χ0v) is 13.4. The maximum absolute atomic E-state index is 2.36. The van der Waals surface area contributed by atoms with Crippen molar-refractivity contribution in [3.8, 4) is 5.69 Å². The van der Waals surface area contributed by atoms with Gasteiger partial charge in [0.1, 0.15) is 0 Å². The summed E-state index contributed by atoms with van der Waals surface area (Å²) in [6.45, 7) is 4.45. The number of nitrogens with zero attached hydrogens (tertiary/aromatic N) is 1. The van der Waals surface area contributed by atoms with E-state index in [-0.39, 0.29) is 0 Å². The van der Waals surface area contributed by atoms with E-state index in [4.69, 9.17) is 0 Å². The minimum absolute atomic E-state index is 1.15. The number of hydrogen-bond acceptors (Lipinski definition) is 0. The molecule has 0 N–H and O–H groups in total. The van der Waals surface area contributed by atoms with Crippen molar-refractivity contribution in [3.63, 3.8) is 0 Å². The second kappa shape index (κ2) is 6.65. The van der Waals surface area contributed by atoms with Crippen LogP contribution in [0.2, 0.25) is 0 Å². The molecule has 0 aliphatic rings. The smallest absolute Gasteiger partial charge is 0.0537 e. The third-order valence-corrected chi connectivity index (χ3v) is 4.18. The topological polar surface area (TPSA) is 4.93 Å². The summed E-state index contributed by atoms with van der Waals surface area (Å²) in [6.07, 6.45) is 8.27. The fraction of sp³-hybridized carbons (Fsp3) is 0.238. The summed E-state index contributed by atoms with van der Waals surface area (Å²) in [4.78, 5) is 0. The van der Waals surface area contributed by atoms with Crippen LogP contribution in [0.4, 0.5) is 0 Å². The first kappa shape index (κ1) is 14.6. The van der Waals surface area contributed by atoms with Crippen LogP contribution in [0.5, 0.6) is 0 Å². The first-order chi connectivity index (χ1) is 10.8. The van der Waals surface area contributed by atoms with E-state index in [1.54, 1.807) is 0 Å². The quantitative estimate of drug-likeness (QED) is 0.497. The van der Waals surface area contributed by atoms with Crippen LogP contribution in [0.15, 0.2) is 60.7 Å². The van der Waals surface area contributed by atoms with Gasteiger partial charge in [-0.3, -0.25) is 0 Å². The van der Waals surface area contributed by atoms with Crippen LogP contribution in [0.3, 0.4) is 0 Å². The minimum atomic E-state index is 1.15. The molecule has 2 aromatic carbocycles. The van der Waals surface area contributed by atoms with Crippen LogP contribution in [-0.4, -0.2) is 4.57 Å². The molecule has 0 spiro atoms. The van der Waals surface area contributed by atoms with Gasteiger partial charge in [0.2, 0.25) is 0 Å². The molecule has 1 heteroatoms. The van der Waals surface area contributed by atoms with Gasteiger partial charge in [-0.25, -0.2) is 0 Å². The average molecular weight is 289 g/mol. The molecule has 0 atom stereocenters. The van der Waals surface area contributed by atoms with Gasteiger partial charge in [-0.2, -0.15) is 0 Å². The third-order valence-electron chi connectivity index (χ3n) is 4.18. The molecule has 0 bridgehead atoms. The molecule has 1 heterocycles. The number of rotatable bonds is 5. The van der Waals surface area contributed by atoms with E-state index in [0.717, 1.165) is 6.42 Å². The van der Waals surface area contributed by atoms with Crippen molar-refractivity contribution >= 4 is 17.0 Å². The van der Waals surface area contributed by atoms with Gasteiger partial charge in [-0.15, -0.1) is 0 Å². The van der Waals surface area contributed by atoms with Gasteiger partial charge in [0.05, 0.1) is 5.52 Å². The Bertz CT molecular complexity index is 778.